The van der Waals surface area contributed by atoms with Crippen molar-refractivity contribution in [3.8, 4) is 6.07 Å². The van der Waals surface area contributed by atoms with E-state index in [4.69, 9.17) is 5.26 Å². The van der Waals surface area contributed by atoms with Crippen LogP contribution in [-0.2, 0) is 27.5 Å². The Hall–Kier alpha value is -1.13. The van der Waals surface area contributed by atoms with E-state index in [1.54, 1.807) is 6.20 Å². The molecule has 0 bridgehead atoms. The van der Waals surface area contributed by atoms with Crippen LogP contribution in [0.15, 0.2) is 24.4 Å². The van der Waals surface area contributed by atoms with Crippen LogP contribution in [0.3, 0.4) is 0 Å². The molecule has 3 nitrogen and oxygen atoms in total. The molecular weight excluding hydrogens is 246 g/mol. The van der Waals surface area contributed by atoms with Gasteiger partial charge in [-0.3, -0.25) is 0 Å². The number of benzene rings is 1. The molecule has 0 aliphatic carbocycles. The van der Waals surface area contributed by atoms with Gasteiger partial charge in [-0.15, -0.1) is 5.52 Å². The molecule has 0 fully saturated rings. The quantitative estimate of drug-likeness (QED) is 0.718. The Bertz CT molecular complexity index is 441. The van der Waals surface area contributed by atoms with Gasteiger partial charge in [-0.25, -0.2) is 0 Å². The van der Waals surface area contributed by atoms with Gasteiger partial charge in [0, 0.05) is 27.3 Å². The zero-order valence-corrected chi connectivity index (χ0v) is 8.77. The monoisotopic (exact) mass is 254 g/mol. The smallest absolute Gasteiger partial charge is 0.0669 e. The summed E-state index contributed by atoms with van der Waals surface area (Å²) in [5, 5.41) is 17.1. The van der Waals surface area contributed by atoms with Gasteiger partial charge in [0.2, 0.25) is 0 Å². The molecule has 1 aromatic heterocycles. The van der Waals surface area contributed by atoms with E-state index in [2.05, 4.69) is 16.3 Å². The first-order valence-electron chi connectivity index (χ1n) is 3.64. The van der Waals surface area contributed by atoms with E-state index in [1.807, 2.05) is 18.2 Å². The molecule has 0 saturated heterocycles. The number of hydrogen-bond donors (Lipinski definition) is 0. The van der Waals surface area contributed by atoms with Gasteiger partial charge in [0.25, 0.3) is 0 Å². The third-order valence-electron chi connectivity index (χ3n) is 1.74. The third kappa shape index (κ3) is 1.96. The van der Waals surface area contributed by atoms with Crippen molar-refractivity contribution in [1.29, 1.82) is 5.26 Å². The standard InChI is InChI=1S/C9H6N3.Mo/c10-4-3-7-1-2-9-8(5-7)6-11-12-9;/h1-2,5-6H,3H2;/q-1;. The average Bonchev–Trinajstić information content (AvgIpc) is 2.51. The van der Waals surface area contributed by atoms with Crippen molar-refractivity contribution >= 4 is 10.9 Å². The van der Waals surface area contributed by atoms with Crippen LogP contribution in [0.4, 0.5) is 0 Å². The minimum absolute atomic E-state index is 0. The van der Waals surface area contributed by atoms with E-state index in [-0.39, 0.29) is 21.1 Å². The zero-order chi connectivity index (χ0) is 8.39. The van der Waals surface area contributed by atoms with Gasteiger partial charge in [0.15, 0.2) is 0 Å². The molecule has 0 saturated carbocycles. The van der Waals surface area contributed by atoms with Gasteiger partial charge in [0.1, 0.15) is 0 Å². The maximum Gasteiger partial charge on any atom is 0.0669 e. The SMILES string of the molecule is N#CCc1ccc2[n-]ncc2c1.[Mo]. The molecule has 0 amide bonds. The Morgan fingerprint density at radius 3 is 3.08 bits per heavy atom. The first-order valence-corrected chi connectivity index (χ1v) is 3.64. The largest absolute Gasteiger partial charge is 0.575 e. The predicted molar refractivity (Wildman–Crippen MR) is 44.4 cm³/mol. The fraction of sp³-hybridized carbons (Fsp3) is 0.111. The molecule has 0 unspecified atom stereocenters. The van der Waals surface area contributed by atoms with Gasteiger partial charge in [-0.2, -0.15) is 5.26 Å². The van der Waals surface area contributed by atoms with Gasteiger partial charge in [-0.1, -0.05) is 18.2 Å². The molecule has 0 radical (unpaired) electrons. The van der Waals surface area contributed by atoms with Gasteiger partial charge >= 0.3 is 0 Å². The average molecular weight is 252 g/mol. The topological polar surface area (TPSA) is 50.8 Å². The number of fused-ring (bicyclic) bond motifs is 1. The van der Waals surface area contributed by atoms with E-state index in [1.165, 1.54) is 0 Å². The molecule has 4 heteroatoms. The van der Waals surface area contributed by atoms with Gasteiger partial charge in [-0.05, 0) is 10.9 Å². The molecule has 0 N–H and O–H groups in total. The molecule has 2 aromatic rings. The summed E-state index contributed by atoms with van der Waals surface area (Å²) in [5.74, 6) is 0. The van der Waals surface area contributed by atoms with Crippen LogP contribution >= 0.6 is 0 Å². The second-order valence-electron chi connectivity index (χ2n) is 2.57. The molecular formula is C9H6MoN3-. The number of hydrogen-bond acceptors (Lipinski definition) is 2. The van der Waals surface area contributed by atoms with Crippen LogP contribution in [0.1, 0.15) is 5.56 Å². The van der Waals surface area contributed by atoms with E-state index in [0.717, 1.165) is 16.5 Å². The van der Waals surface area contributed by atoms with E-state index in [9.17, 15) is 0 Å². The first kappa shape index (κ1) is 9.95. The van der Waals surface area contributed by atoms with Crippen molar-refractivity contribution in [3.05, 3.63) is 30.0 Å². The number of nitrogens with zero attached hydrogens (tertiary/aromatic N) is 3. The zero-order valence-electron chi connectivity index (χ0n) is 6.77. The van der Waals surface area contributed by atoms with Gasteiger partial charge in [0.05, 0.1) is 12.5 Å². The van der Waals surface area contributed by atoms with Crippen LogP contribution in [0.25, 0.3) is 10.9 Å². The molecule has 2 rings (SSSR count). The molecule has 13 heavy (non-hydrogen) atoms. The molecule has 1 aromatic carbocycles. The Morgan fingerprint density at radius 2 is 2.31 bits per heavy atom. The van der Waals surface area contributed by atoms with Crippen LogP contribution in [0.5, 0.6) is 0 Å². The molecule has 0 aliphatic heterocycles. The fourth-order valence-corrected chi connectivity index (χ4v) is 1.15. The van der Waals surface area contributed by atoms with E-state index >= 15 is 0 Å². The summed E-state index contributed by atoms with van der Waals surface area (Å²) in [6.07, 6.45) is 2.15. The van der Waals surface area contributed by atoms with Crippen molar-refractivity contribution < 1.29 is 21.1 Å². The Labute approximate surface area is 90.0 Å². The Morgan fingerprint density at radius 1 is 1.46 bits per heavy atom. The summed E-state index contributed by atoms with van der Waals surface area (Å²) in [6, 6.07) is 7.83. The van der Waals surface area contributed by atoms with Crippen LogP contribution in [0, 0.1) is 11.3 Å². The minimum Gasteiger partial charge on any atom is -0.575 e. The third-order valence-corrected chi connectivity index (χ3v) is 1.74. The minimum atomic E-state index is 0. The van der Waals surface area contributed by atoms with Crippen LogP contribution in [0.2, 0.25) is 0 Å². The normalized spacial score (nSPS) is 9.15. The number of nitriles is 1. The Kier molecular flexibility index (Phi) is 3.22. The first-order chi connectivity index (χ1) is 5.90. The molecule has 0 spiro atoms. The second kappa shape index (κ2) is 4.20. The van der Waals surface area contributed by atoms with Crippen molar-refractivity contribution in [2.75, 3.05) is 0 Å². The van der Waals surface area contributed by atoms with Crippen molar-refractivity contribution in [3.63, 3.8) is 0 Å². The molecule has 1 heterocycles. The Balaban J connectivity index is 0.000000845. The van der Waals surface area contributed by atoms with E-state index in [0.29, 0.717) is 6.42 Å². The fourth-order valence-electron chi connectivity index (χ4n) is 1.15. The van der Waals surface area contributed by atoms with Crippen molar-refractivity contribution in [2.45, 2.75) is 6.42 Å². The van der Waals surface area contributed by atoms with Crippen LogP contribution < -0.4 is 5.10 Å². The van der Waals surface area contributed by atoms with E-state index < -0.39 is 0 Å². The second-order valence-corrected chi connectivity index (χ2v) is 2.57. The van der Waals surface area contributed by atoms with Crippen LogP contribution in [-0.4, -0.2) is 5.10 Å². The summed E-state index contributed by atoms with van der Waals surface area (Å²) in [5.41, 5.74) is 1.90. The maximum atomic E-state index is 8.46. The summed E-state index contributed by atoms with van der Waals surface area (Å²) in [4.78, 5) is 0. The summed E-state index contributed by atoms with van der Waals surface area (Å²) in [7, 11) is 0. The molecule has 0 atom stereocenters. The number of aromatic nitrogens is 2. The number of rotatable bonds is 1. The van der Waals surface area contributed by atoms with Crippen molar-refractivity contribution in [2.24, 2.45) is 0 Å². The van der Waals surface area contributed by atoms with Crippen molar-refractivity contribution in [1.82, 2.24) is 10.2 Å². The van der Waals surface area contributed by atoms with Gasteiger partial charge < -0.3 is 10.2 Å². The summed E-state index contributed by atoms with van der Waals surface area (Å²) >= 11 is 0. The summed E-state index contributed by atoms with van der Waals surface area (Å²) in [6.45, 7) is 0. The predicted octanol–water partition coefficient (Wildman–Crippen LogP) is 1.26. The maximum absolute atomic E-state index is 8.46. The molecule has 64 valence electrons. The molecule has 0 aliphatic rings. The summed E-state index contributed by atoms with van der Waals surface area (Å²) < 4.78 is 0.